The van der Waals surface area contributed by atoms with Crippen molar-refractivity contribution in [3.05, 3.63) is 51.2 Å². The maximum atomic E-state index is 12.0. The molecule has 34 heavy (non-hydrogen) atoms. The Labute approximate surface area is 210 Å². The molecule has 176 valence electrons. The van der Waals surface area contributed by atoms with Crippen LogP contribution in [0.3, 0.4) is 0 Å². The highest BCUT2D eigenvalue weighted by Crippen LogP contribution is 2.37. The first-order valence-corrected chi connectivity index (χ1v) is 11.7. The van der Waals surface area contributed by atoms with Gasteiger partial charge in [-0.05, 0) is 31.0 Å². The number of halogens is 3. The molecule has 1 aliphatic rings. The molecule has 5 rings (SSSR count). The molecular weight excluding hydrogens is 501 g/mol. The van der Waals surface area contributed by atoms with Crippen molar-refractivity contribution in [1.82, 2.24) is 24.4 Å². The highest BCUT2D eigenvalue weighted by atomic mass is 35.5. The number of pyridine rings is 1. The lowest BCUT2D eigenvalue weighted by Gasteiger charge is -2.33. The van der Waals surface area contributed by atoms with Crippen molar-refractivity contribution in [3.63, 3.8) is 0 Å². The van der Waals surface area contributed by atoms with Crippen molar-refractivity contribution >= 4 is 46.4 Å². The first-order valence-electron chi connectivity index (χ1n) is 10.6. The van der Waals surface area contributed by atoms with Crippen LogP contribution in [-0.2, 0) is 4.79 Å². The Morgan fingerprint density at radius 1 is 1.09 bits per heavy atom. The van der Waals surface area contributed by atoms with Crippen LogP contribution in [0.15, 0.2) is 35.1 Å². The Hall–Kier alpha value is -2.81. The fraction of sp³-hybridized carbons (Fsp3) is 0.304. The average molecular weight is 521 g/mol. The molecular formula is C23H20Cl3N5O3. The van der Waals surface area contributed by atoms with Gasteiger partial charge in [-0.25, -0.2) is 4.98 Å². The first kappa shape index (κ1) is 23.0. The number of benzene rings is 1. The highest BCUT2D eigenvalue weighted by molar-refractivity contribution is 6.36. The molecule has 0 radical (unpaired) electrons. The number of rotatable bonds is 4. The third kappa shape index (κ3) is 4.21. The van der Waals surface area contributed by atoms with Crippen molar-refractivity contribution in [2.45, 2.75) is 26.4 Å². The molecule has 0 saturated carbocycles. The number of amides is 1. The van der Waals surface area contributed by atoms with Crippen LogP contribution in [0.1, 0.15) is 18.9 Å². The topological polar surface area (TPSA) is 85.8 Å². The molecule has 1 saturated heterocycles. The number of ether oxygens (including phenoxy) is 1. The fourth-order valence-corrected chi connectivity index (χ4v) is 4.88. The van der Waals surface area contributed by atoms with Gasteiger partial charge in [-0.3, -0.25) is 4.79 Å². The Balaban J connectivity index is 1.41. The molecule has 4 aromatic rings. The van der Waals surface area contributed by atoms with Gasteiger partial charge in [0.1, 0.15) is 17.5 Å². The zero-order valence-corrected chi connectivity index (χ0v) is 20.8. The summed E-state index contributed by atoms with van der Waals surface area (Å²) < 4.78 is 13.3. The van der Waals surface area contributed by atoms with Crippen LogP contribution < -0.4 is 4.74 Å². The molecule has 0 bridgehead atoms. The summed E-state index contributed by atoms with van der Waals surface area (Å²) in [6.45, 7) is 4.31. The maximum Gasteiger partial charge on any atom is 0.278 e. The predicted molar refractivity (Wildman–Crippen MR) is 130 cm³/mol. The molecule has 1 unspecified atom stereocenters. The summed E-state index contributed by atoms with van der Waals surface area (Å²) in [5, 5.41) is 5.29. The van der Waals surface area contributed by atoms with E-state index in [0.29, 0.717) is 50.7 Å². The molecule has 1 aliphatic heterocycles. The van der Waals surface area contributed by atoms with E-state index in [0.717, 1.165) is 5.56 Å². The summed E-state index contributed by atoms with van der Waals surface area (Å²) in [4.78, 5) is 22.6. The molecule has 0 aliphatic carbocycles. The number of carbonyl (C=O) groups is 1. The summed E-state index contributed by atoms with van der Waals surface area (Å²) in [5.41, 5.74) is 2.57. The number of hydrogen-bond donors (Lipinski definition) is 0. The molecule has 1 fully saturated rings. The van der Waals surface area contributed by atoms with E-state index < -0.39 is 0 Å². The number of nitrogens with zero attached hydrogens (tertiary/aromatic N) is 5. The van der Waals surface area contributed by atoms with E-state index in [9.17, 15) is 4.79 Å². The van der Waals surface area contributed by atoms with Gasteiger partial charge in [-0.1, -0.05) is 46.9 Å². The minimum Gasteiger partial charge on any atom is -0.487 e. The molecule has 0 N–H and O–H groups in total. The number of hydrogen-bond acceptors (Lipinski definition) is 6. The third-order valence-electron chi connectivity index (χ3n) is 5.74. The lowest BCUT2D eigenvalue weighted by atomic mass is 9.97. The van der Waals surface area contributed by atoms with Gasteiger partial charge in [-0.15, -0.1) is 0 Å². The number of carbonyl (C=O) groups excluding carboxylic acids is 1. The van der Waals surface area contributed by atoms with Crippen molar-refractivity contribution in [1.29, 1.82) is 0 Å². The molecule has 8 nitrogen and oxygen atoms in total. The Morgan fingerprint density at radius 3 is 2.65 bits per heavy atom. The molecule has 1 aromatic carbocycles. The van der Waals surface area contributed by atoms with Gasteiger partial charge in [0.2, 0.25) is 11.7 Å². The van der Waals surface area contributed by atoms with Crippen molar-refractivity contribution in [3.8, 4) is 28.7 Å². The second-order valence-corrected chi connectivity index (χ2v) is 9.72. The fourth-order valence-electron chi connectivity index (χ4n) is 4.13. The minimum atomic E-state index is -0.181. The standard InChI is InChI=1S/C23H20Cl3N5O3/c1-11-4-17(26)21-27-18(10-31(21)8-11)22-28-20(29-34-22)14-6-16(25)19(7-15(14)24)33-13-5-12(2)23(32)30(3)9-13/h4,6-8,10,12-13H,5,9H2,1-3H3/t12?,13-/m1/s1. The number of aromatic nitrogens is 4. The smallest absolute Gasteiger partial charge is 0.278 e. The predicted octanol–water partition coefficient (Wildman–Crippen LogP) is 5.57. The third-order valence-corrected chi connectivity index (χ3v) is 6.62. The number of likely N-dealkylation sites (tertiary alicyclic amines) is 1. The first-order chi connectivity index (χ1) is 16.2. The van der Waals surface area contributed by atoms with E-state index in [1.165, 1.54) is 0 Å². The average Bonchev–Trinajstić information content (AvgIpc) is 3.41. The van der Waals surface area contributed by atoms with Crippen LogP contribution in [0.4, 0.5) is 0 Å². The van der Waals surface area contributed by atoms with E-state index >= 15 is 0 Å². The summed E-state index contributed by atoms with van der Waals surface area (Å²) >= 11 is 19.3. The maximum absolute atomic E-state index is 12.0. The molecule has 1 amide bonds. The van der Waals surface area contributed by atoms with Gasteiger partial charge < -0.3 is 18.6 Å². The molecule has 0 spiro atoms. The van der Waals surface area contributed by atoms with Gasteiger partial charge in [0.15, 0.2) is 5.65 Å². The zero-order valence-electron chi connectivity index (χ0n) is 18.6. The van der Waals surface area contributed by atoms with E-state index in [1.54, 1.807) is 30.3 Å². The van der Waals surface area contributed by atoms with Crippen LogP contribution >= 0.6 is 34.8 Å². The summed E-state index contributed by atoms with van der Waals surface area (Å²) in [6, 6.07) is 5.10. The van der Waals surface area contributed by atoms with E-state index in [4.69, 9.17) is 44.1 Å². The van der Waals surface area contributed by atoms with Gasteiger partial charge in [-0.2, -0.15) is 4.98 Å². The van der Waals surface area contributed by atoms with Gasteiger partial charge >= 0.3 is 0 Å². The summed E-state index contributed by atoms with van der Waals surface area (Å²) in [6.07, 6.45) is 4.10. The number of aryl methyl sites for hydroxylation is 1. The molecule has 2 atom stereocenters. The van der Waals surface area contributed by atoms with Crippen LogP contribution in [0, 0.1) is 12.8 Å². The molecule has 4 heterocycles. The van der Waals surface area contributed by atoms with Crippen LogP contribution in [0.25, 0.3) is 28.6 Å². The second-order valence-electron chi connectivity index (χ2n) is 8.50. The van der Waals surface area contributed by atoms with Crippen molar-refractivity contribution < 1.29 is 14.1 Å². The number of piperidine rings is 1. The quantitative estimate of drug-likeness (QED) is 0.350. The lowest BCUT2D eigenvalue weighted by molar-refractivity contribution is -0.139. The molecule has 11 heteroatoms. The van der Waals surface area contributed by atoms with Gasteiger partial charge in [0.25, 0.3) is 5.89 Å². The normalized spacial score (nSPS) is 18.6. The minimum absolute atomic E-state index is 0.107. The Kier molecular flexibility index (Phi) is 5.91. The summed E-state index contributed by atoms with van der Waals surface area (Å²) in [5.74, 6) is 0.918. The highest BCUT2D eigenvalue weighted by Gasteiger charge is 2.31. The van der Waals surface area contributed by atoms with Crippen LogP contribution in [0.2, 0.25) is 15.1 Å². The van der Waals surface area contributed by atoms with Crippen molar-refractivity contribution in [2.24, 2.45) is 5.92 Å². The lowest BCUT2D eigenvalue weighted by Crippen LogP contribution is -2.46. The number of fused-ring (bicyclic) bond motifs is 1. The van der Waals surface area contributed by atoms with Gasteiger partial charge in [0, 0.05) is 37.0 Å². The summed E-state index contributed by atoms with van der Waals surface area (Å²) in [7, 11) is 1.76. The van der Waals surface area contributed by atoms with Crippen LogP contribution in [-0.4, -0.2) is 50.0 Å². The number of likely N-dealkylation sites (N-methyl/N-ethyl adjacent to an activating group) is 1. The van der Waals surface area contributed by atoms with E-state index in [-0.39, 0.29) is 29.6 Å². The second kappa shape index (κ2) is 8.76. The Morgan fingerprint density at radius 2 is 1.88 bits per heavy atom. The monoisotopic (exact) mass is 519 g/mol. The van der Waals surface area contributed by atoms with Crippen molar-refractivity contribution in [2.75, 3.05) is 13.6 Å². The largest absolute Gasteiger partial charge is 0.487 e. The Bertz CT molecular complexity index is 1400. The van der Waals surface area contributed by atoms with E-state index in [2.05, 4.69) is 15.1 Å². The van der Waals surface area contributed by atoms with Gasteiger partial charge in [0.05, 0.1) is 21.6 Å². The molecule has 3 aromatic heterocycles. The zero-order chi connectivity index (χ0) is 24.1. The van der Waals surface area contributed by atoms with Crippen LogP contribution in [0.5, 0.6) is 5.75 Å². The van der Waals surface area contributed by atoms with E-state index in [1.807, 2.05) is 30.5 Å². The number of imidazole rings is 1. The SMILES string of the molecule is Cc1cc(Cl)c2nc(-c3nc(-c4cc(Cl)c(O[C@@H]5CC(C)C(=O)N(C)C5)cc4Cl)no3)cn2c1.